The predicted molar refractivity (Wildman–Crippen MR) is 66.0 cm³/mol. The summed E-state index contributed by atoms with van der Waals surface area (Å²) < 4.78 is 5.45. The molecule has 4 nitrogen and oxygen atoms in total. The number of hydrogen-bond donors (Lipinski definition) is 2. The minimum absolute atomic E-state index is 0.0898. The standard InChI is InChI=1S/C13H19NO3/c1-3-5-12(13(15)16)17-11-7-4-6-10(8-11)9(2)14/h4,6-9,12H,3,5,14H2,1-2H3,(H,15,16)/t9-,12?/m0/s1. The monoisotopic (exact) mass is 237 g/mol. The third-order valence-electron chi connectivity index (χ3n) is 2.49. The molecular formula is C13H19NO3. The van der Waals surface area contributed by atoms with E-state index in [0.717, 1.165) is 12.0 Å². The van der Waals surface area contributed by atoms with Crippen LogP contribution in [0.15, 0.2) is 24.3 Å². The Kier molecular flexibility index (Phi) is 4.97. The fraction of sp³-hybridized carbons (Fsp3) is 0.462. The van der Waals surface area contributed by atoms with Gasteiger partial charge in [0.1, 0.15) is 5.75 Å². The number of rotatable bonds is 6. The van der Waals surface area contributed by atoms with Gasteiger partial charge in [0.05, 0.1) is 0 Å². The molecule has 2 atom stereocenters. The van der Waals surface area contributed by atoms with Gasteiger partial charge >= 0.3 is 5.97 Å². The zero-order valence-corrected chi connectivity index (χ0v) is 10.2. The van der Waals surface area contributed by atoms with E-state index in [-0.39, 0.29) is 6.04 Å². The minimum Gasteiger partial charge on any atom is -0.479 e. The van der Waals surface area contributed by atoms with Crippen molar-refractivity contribution >= 4 is 5.97 Å². The van der Waals surface area contributed by atoms with Crippen molar-refractivity contribution in [2.45, 2.75) is 38.8 Å². The van der Waals surface area contributed by atoms with Crippen molar-refractivity contribution in [2.75, 3.05) is 0 Å². The van der Waals surface area contributed by atoms with Gasteiger partial charge in [0.15, 0.2) is 6.10 Å². The summed E-state index contributed by atoms with van der Waals surface area (Å²) in [6, 6.07) is 7.16. The van der Waals surface area contributed by atoms with Crippen LogP contribution < -0.4 is 10.5 Å². The van der Waals surface area contributed by atoms with Gasteiger partial charge in [-0.1, -0.05) is 25.5 Å². The highest BCUT2D eigenvalue weighted by Gasteiger charge is 2.18. The third kappa shape index (κ3) is 4.07. The molecule has 0 saturated heterocycles. The van der Waals surface area contributed by atoms with E-state index in [9.17, 15) is 4.79 Å². The van der Waals surface area contributed by atoms with Gasteiger partial charge in [-0.2, -0.15) is 0 Å². The van der Waals surface area contributed by atoms with E-state index in [0.29, 0.717) is 12.2 Å². The smallest absolute Gasteiger partial charge is 0.344 e. The van der Waals surface area contributed by atoms with E-state index in [2.05, 4.69) is 0 Å². The maximum absolute atomic E-state index is 11.0. The molecule has 17 heavy (non-hydrogen) atoms. The van der Waals surface area contributed by atoms with E-state index in [1.54, 1.807) is 12.1 Å². The summed E-state index contributed by atoms with van der Waals surface area (Å²) in [7, 11) is 0. The van der Waals surface area contributed by atoms with Crippen LogP contribution in [0.3, 0.4) is 0 Å². The predicted octanol–water partition coefficient (Wildman–Crippen LogP) is 2.34. The number of carbonyl (C=O) groups is 1. The molecule has 0 aromatic heterocycles. The first-order valence-electron chi connectivity index (χ1n) is 5.79. The third-order valence-corrected chi connectivity index (χ3v) is 2.49. The molecule has 1 rings (SSSR count). The highest BCUT2D eigenvalue weighted by molar-refractivity contribution is 5.72. The molecule has 0 saturated carbocycles. The zero-order chi connectivity index (χ0) is 12.8. The summed E-state index contributed by atoms with van der Waals surface area (Å²) in [5.74, 6) is -0.376. The molecule has 1 aromatic rings. The molecule has 94 valence electrons. The number of carboxylic acids is 1. The number of hydrogen-bond acceptors (Lipinski definition) is 3. The Labute approximate surface area is 101 Å². The summed E-state index contributed by atoms with van der Waals surface area (Å²) in [5.41, 5.74) is 6.69. The Morgan fingerprint density at radius 1 is 1.53 bits per heavy atom. The normalized spacial score (nSPS) is 14.1. The van der Waals surface area contributed by atoms with Gasteiger partial charge in [0.25, 0.3) is 0 Å². The maximum Gasteiger partial charge on any atom is 0.344 e. The first-order chi connectivity index (χ1) is 8.04. The van der Waals surface area contributed by atoms with Crippen LogP contribution in [-0.2, 0) is 4.79 Å². The van der Waals surface area contributed by atoms with Gasteiger partial charge in [0.2, 0.25) is 0 Å². The Bertz CT molecular complexity index is 377. The lowest BCUT2D eigenvalue weighted by Gasteiger charge is -2.15. The molecule has 0 aliphatic carbocycles. The number of ether oxygens (including phenoxy) is 1. The average molecular weight is 237 g/mol. The second kappa shape index (κ2) is 6.25. The van der Waals surface area contributed by atoms with Gasteiger partial charge in [-0.05, 0) is 31.0 Å². The van der Waals surface area contributed by atoms with Crippen LogP contribution >= 0.6 is 0 Å². The van der Waals surface area contributed by atoms with Gasteiger partial charge in [-0.15, -0.1) is 0 Å². The molecule has 0 aliphatic rings. The summed E-state index contributed by atoms with van der Waals surface area (Å²) in [5, 5.41) is 8.99. The van der Waals surface area contributed by atoms with E-state index < -0.39 is 12.1 Å². The van der Waals surface area contributed by atoms with Crippen LogP contribution in [0.25, 0.3) is 0 Å². The lowest BCUT2D eigenvalue weighted by molar-refractivity contribution is -0.145. The average Bonchev–Trinajstić information content (AvgIpc) is 2.28. The van der Waals surface area contributed by atoms with Gasteiger partial charge in [-0.25, -0.2) is 4.79 Å². The second-order valence-corrected chi connectivity index (χ2v) is 4.09. The van der Waals surface area contributed by atoms with Crippen molar-refractivity contribution in [1.29, 1.82) is 0 Å². The Balaban J connectivity index is 2.78. The van der Waals surface area contributed by atoms with Gasteiger partial charge < -0.3 is 15.6 Å². The van der Waals surface area contributed by atoms with Crippen LogP contribution in [0.2, 0.25) is 0 Å². The van der Waals surface area contributed by atoms with Crippen molar-refractivity contribution in [3.05, 3.63) is 29.8 Å². The summed E-state index contributed by atoms with van der Waals surface area (Å²) >= 11 is 0. The first kappa shape index (κ1) is 13.5. The van der Waals surface area contributed by atoms with Crippen LogP contribution in [0.5, 0.6) is 5.75 Å². The van der Waals surface area contributed by atoms with E-state index in [4.69, 9.17) is 15.6 Å². The van der Waals surface area contributed by atoms with Crippen molar-refractivity contribution in [3.63, 3.8) is 0 Å². The molecular weight excluding hydrogens is 218 g/mol. The second-order valence-electron chi connectivity index (χ2n) is 4.09. The molecule has 1 unspecified atom stereocenters. The van der Waals surface area contributed by atoms with Crippen molar-refractivity contribution < 1.29 is 14.6 Å². The lowest BCUT2D eigenvalue weighted by atomic mass is 10.1. The Morgan fingerprint density at radius 3 is 2.76 bits per heavy atom. The van der Waals surface area contributed by atoms with Crippen molar-refractivity contribution in [3.8, 4) is 5.75 Å². The summed E-state index contributed by atoms with van der Waals surface area (Å²) in [6.07, 6.45) is 0.477. The molecule has 4 heteroatoms. The fourth-order valence-corrected chi connectivity index (χ4v) is 1.53. The minimum atomic E-state index is -0.932. The van der Waals surface area contributed by atoms with E-state index in [1.165, 1.54) is 0 Å². The molecule has 3 N–H and O–H groups in total. The van der Waals surface area contributed by atoms with Gasteiger partial charge in [0, 0.05) is 6.04 Å². The highest BCUT2D eigenvalue weighted by Crippen LogP contribution is 2.19. The highest BCUT2D eigenvalue weighted by atomic mass is 16.5. The van der Waals surface area contributed by atoms with Crippen LogP contribution in [-0.4, -0.2) is 17.2 Å². The largest absolute Gasteiger partial charge is 0.479 e. The Hall–Kier alpha value is -1.55. The number of benzene rings is 1. The molecule has 0 aliphatic heterocycles. The molecule has 0 heterocycles. The van der Waals surface area contributed by atoms with E-state index >= 15 is 0 Å². The SMILES string of the molecule is CCCC(Oc1cccc([C@H](C)N)c1)C(=O)O. The van der Waals surface area contributed by atoms with Crippen LogP contribution in [0, 0.1) is 0 Å². The molecule has 0 bridgehead atoms. The maximum atomic E-state index is 11.0. The fourth-order valence-electron chi connectivity index (χ4n) is 1.53. The van der Waals surface area contributed by atoms with Crippen molar-refractivity contribution in [2.24, 2.45) is 5.73 Å². The Morgan fingerprint density at radius 2 is 2.24 bits per heavy atom. The summed E-state index contributed by atoms with van der Waals surface area (Å²) in [6.45, 7) is 3.80. The van der Waals surface area contributed by atoms with Crippen LogP contribution in [0.1, 0.15) is 38.3 Å². The number of carboxylic acid groups (broad SMARTS) is 1. The van der Waals surface area contributed by atoms with E-state index in [1.807, 2.05) is 26.0 Å². The number of nitrogens with two attached hydrogens (primary N) is 1. The molecule has 0 radical (unpaired) electrons. The number of aliphatic carboxylic acids is 1. The molecule has 0 spiro atoms. The zero-order valence-electron chi connectivity index (χ0n) is 10.2. The summed E-state index contributed by atoms with van der Waals surface area (Å²) in [4.78, 5) is 11.0. The molecule has 1 aromatic carbocycles. The van der Waals surface area contributed by atoms with Crippen LogP contribution in [0.4, 0.5) is 0 Å². The molecule has 0 amide bonds. The first-order valence-corrected chi connectivity index (χ1v) is 5.79. The molecule has 0 fully saturated rings. The quantitative estimate of drug-likeness (QED) is 0.796. The topological polar surface area (TPSA) is 72.5 Å². The van der Waals surface area contributed by atoms with Gasteiger partial charge in [-0.3, -0.25) is 0 Å². The van der Waals surface area contributed by atoms with Crippen molar-refractivity contribution in [1.82, 2.24) is 0 Å². The lowest BCUT2D eigenvalue weighted by Crippen LogP contribution is -2.26.